The third kappa shape index (κ3) is 5.68. The highest BCUT2D eigenvalue weighted by molar-refractivity contribution is 7.19. The van der Waals surface area contributed by atoms with E-state index in [1.165, 1.54) is 10.4 Å². The topological polar surface area (TPSA) is 137 Å². The van der Waals surface area contributed by atoms with Crippen molar-refractivity contribution in [3.05, 3.63) is 16.8 Å². The van der Waals surface area contributed by atoms with Crippen molar-refractivity contribution in [2.24, 2.45) is 5.73 Å². The highest BCUT2D eigenvalue weighted by atomic mass is 32.1. The average Bonchev–Trinajstić information content (AvgIpc) is 3.33. The second kappa shape index (κ2) is 10.3. The summed E-state index contributed by atoms with van der Waals surface area (Å²) in [7, 11) is -2.18. The van der Waals surface area contributed by atoms with Crippen LogP contribution in [0.2, 0.25) is 18.1 Å². The molecule has 2 aliphatic rings. The van der Waals surface area contributed by atoms with Crippen LogP contribution in [0.3, 0.4) is 0 Å². The molecule has 4 rings (SSSR count). The molecular formula is C25H38N4O5SSi. The Kier molecular flexibility index (Phi) is 7.64. The minimum absolute atomic E-state index is 0.0226. The van der Waals surface area contributed by atoms with Crippen LogP contribution in [0, 0.1) is 0 Å². The molecule has 0 aromatic carbocycles. The third-order valence-electron chi connectivity index (χ3n) is 8.03. The number of carbonyl (C=O) groups excluding carboxylic acids is 1. The number of primary amides is 1. The van der Waals surface area contributed by atoms with Crippen LogP contribution in [-0.2, 0) is 15.6 Å². The van der Waals surface area contributed by atoms with E-state index in [0.29, 0.717) is 12.3 Å². The van der Waals surface area contributed by atoms with Gasteiger partial charge in [0.25, 0.3) is 0 Å². The lowest BCUT2D eigenvalue weighted by atomic mass is 9.93. The monoisotopic (exact) mass is 534 g/mol. The standard InChI is InChI=1S/C25H38N4O5SSi/c1-25(2,3)36(4,5)34-17(21(26)30)12-14-6-11-18-19(14)20-22(27-13-28-23(20)35-18)33-16-9-7-15(8-10-16)29-24(31)32/h13-17,29H,6-12H2,1-5H3,(H2,26,30)(H,31,32)/t14-,15?,16?,17+/m1/s1. The van der Waals surface area contributed by atoms with E-state index in [2.05, 4.69) is 49.1 Å². The van der Waals surface area contributed by atoms with Gasteiger partial charge in [-0.15, -0.1) is 11.3 Å². The summed E-state index contributed by atoms with van der Waals surface area (Å²) in [6, 6.07) is -0.0332. The molecule has 0 unspecified atom stereocenters. The van der Waals surface area contributed by atoms with Crippen LogP contribution in [0.15, 0.2) is 6.33 Å². The minimum atomic E-state index is -2.18. The third-order valence-corrected chi connectivity index (χ3v) is 13.7. The second-order valence-corrected chi connectivity index (χ2v) is 17.4. The van der Waals surface area contributed by atoms with E-state index >= 15 is 0 Å². The second-order valence-electron chi connectivity index (χ2n) is 11.6. The maximum absolute atomic E-state index is 12.5. The number of thiophene rings is 1. The summed E-state index contributed by atoms with van der Waals surface area (Å²) >= 11 is 1.67. The summed E-state index contributed by atoms with van der Waals surface area (Å²) in [6.45, 7) is 10.8. The molecule has 11 heteroatoms. The van der Waals surface area contributed by atoms with Gasteiger partial charge in [-0.1, -0.05) is 20.8 Å². The molecule has 0 spiro atoms. The normalized spacial score (nSPS) is 23.3. The van der Waals surface area contributed by atoms with E-state index in [1.807, 2.05) is 0 Å². The minimum Gasteiger partial charge on any atom is -0.474 e. The van der Waals surface area contributed by atoms with E-state index in [0.717, 1.165) is 48.7 Å². The molecule has 9 nitrogen and oxygen atoms in total. The van der Waals surface area contributed by atoms with Crippen molar-refractivity contribution in [1.82, 2.24) is 15.3 Å². The van der Waals surface area contributed by atoms with Crippen molar-refractivity contribution in [2.75, 3.05) is 0 Å². The fourth-order valence-corrected chi connectivity index (χ4v) is 7.54. The van der Waals surface area contributed by atoms with Crippen LogP contribution in [0.25, 0.3) is 10.2 Å². The molecule has 2 heterocycles. The lowest BCUT2D eigenvalue weighted by molar-refractivity contribution is -0.125. The summed E-state index contributed by atoms with van der Waals surface area (Å²) in [4.78, 5) is 34.6. The first kappa shape index (κ1) is 26.8. The van der Waals surface area contributed by atoms with Gasteiger partial charge in [-0.3, -0.25) is 4.79 Å². The summed E-state index contributed by atoms with van der Waals surface area (Å²) in [5.41, 5.74) is 7.02. The number of carbonyl (C=O) groups is 2. The maximum Gasteiger partial charge on any atom is 0.404 e. The number of hydrogen-bond acceptors (Lipinski definition) is 7. The Morgan fingerprint density at radius 1 is 1.22 bits per heavy atom. The van der Waals surface area contributed by atoms with Crippen molar-refractivity contribution in [3.63, 3.8) is 0 Å². The molecule has 2 amide bonds. The molecular weight excluding hydrogens is 496 g/mol. The van der Waals surface area contributed by atoms with E-state index in [4.69, 9.17) is 20.0 Å². The molecule has 2 aliphatic carbocycles. The number of carboxylic acid groups (broad SMARTS) is 1. The number of amides is 2. The summed E-state index contributed by atoms with van der Waals surface area (Å²) in [6.07, 6.45) is 5.30. The Labute approximate surface area is 217 Å². The smallest absolute Gasteiger partial charge is 0.404 e. The SMILES string of the molecule is CC(C)(C)[Si](C)(C)O[C@@H](C[C@H]1CCc2sc3ncnc(OC4CCC(NC(=O)O)CC4)c3c21)C(N)=O. The lowest BCUT2D eigenvalue weighted by Crippen LogP contribution is -2.48. The number of nitrogens with zero attached hydrogens (tertiary/aromatic N) is 2. The maximum atomic E-state index is 12.5. The van der Waals surface area contributed by atoms with Crippen LogP contribution in [0.5, 0.6) is 5.88 Å². The molecule has 0 radical (unpaired) electrons. The van der Waals surface area contributed by atoms with Crippen molar-refractivity contribution in [2.45, 2.75) is 108 Å². The van der Waals surface area contributed by atoms with Gasteiger partial charge >= 0.3 is 6.09 Å². The molecule has 0 aliphatic heterocycles. The first-order valence-corrected chi connectivity index (χ1v) is 16.5. The number of nitrogens with one attached hydrogen (secondary N) is 1. The fraction of sp³-hybridized carbons (Fsp3) is 0.680. The average molecular weight is 535 g/mol. The zero-order valence-electron chi connectivity index (χ0n) is 21.8. The van der Waals surface area contributed by atoms with Crippen molar-refractivity contribution in [3.8, 4) is 5.88 Å². The summed E-state index contributed by atoms with van der Waals surface area (Å²) < 4.78 is 12.9. The molecule has 1 fully saturated rings. The van der Waals surface area contributed by atoms with Crippen LogP contribution in [0.4, 0.5) is 4.79 Å². The van der Waals surface area contributed by atoms with E-state index < -0.39 is 26.4 Å². The number of ether oxygens (including phenoxy) is 1. The van der Waals surface area contributed by atoms with Crippen molar-refractivity contribution < 1.29 is 23.9 Å². The molecule has 198 valence electrons. The molecule has 36 heavy (non-hydrogen) atoms. The Morgan fingerprint density at radius 3 is 2.53 bits per heavy atom. The van der Waals surface area contributed by atoms with Crippen molar-refractivity contribution in [1.29, 1.82) is 0 Å². The quantitative estimate of drug-likeness (QED) is 0.408. The fourth-order valence-electron chi connectivity index (χ4n) is 5.04. The van der Waals surface area contributed by atoms with Gasteiger partial charge in [0.1, 0.15) is 23.4 Å². The number of hydrogen-bond donors (Lipinski definition) is 3. The van der Waals surface area contributed by atoms with Crippen LogP contribution in [-0.4, -0.2) is 53.6 Å². The largest absolute Gasteiger partial charge is 0.474 e. The highest BCUT2D eigenvalue weighted by Crippen LogP contribution is 2.48. The molecule has 4 N–H and O–H groups in total. The van der Waals surface area contributed by atoms with Gasteiger partial charge in [0.2, 0.25) is 11.8 Å². The van der Waals surface area contributed by atoms with E-state index in [-0.39, 0.29) is 23.1 Å². The Balaban J connectivity index is 1.55. The van der Waals surface area contributed by atoms with Crippen LogP contribution < -0.4 is 15.8 Å². The van der Waals surface area contributed by atoms with Crippen LogP contribution >= 0.6 is 11.3 Å². The Hall–Kier alpha value is -2.24. The predicted molar refractivity (Wildman–Crippen MR) is 142 cm³/mol. The van der Waals surface area contributed by atoms with Gasteiger partial charge in [0.15, 0.2) is 8.32 Å². The van der Waals surface area contributed by atoms with Gasteiger partial charge in [-0.2, -0.15) is 0 Å². The van der Waals surface area contributed by atoms with Gasteiger partial charge in [-0.05, 0) is 74.6 Å². The Bertz CT molecular complexity index is 1120. The van der Waals surface area contributed by atoms with Crippen molar-refractivity contribution >= 4 is 41.9 Å². The van der Waals surface area contributed by atoms with E-state index in [1.54, 1.807) is 17.7 Å². The first-order valence-electron chi connectivity index (χ1n) is 12.7. The van der Waals surface area contributed by atoms with E-state index in [9.17, 15) is 9.59 Å². The molecule has 2 atom stereocenters. The molecule has 2 aromatic rings. The molecule has 0 saturated heterocycles. The molecule has 1 saturated carbocycles. The first-order chi connectivity index (χ1) is 16.9. The number of fused-ring (bicyclic) bond motifs is 3. The molecule has 0 bridgehead atoms. The summed E-state index contributed by atoms with van der Waals surface area (Å²) in [5.74, 6) is 0.298. The summed E-state index contributed by atoms with van der Waals surface area (Å²) in [5, 5.41) is 12.5. The number of aromatic nitrogens is 2. The van der Waals surface area contributed by atoms with Gasteiger partial charge in [0.05, 0.1) is 5.39 Å². The number of nitrogens with two attached hydrogens (primary N) is 1. The highest BCUT2D eigenvalue weighted by Gasteiger charge is 2.42. The van der Waals surface area contributed by atoms with Crippen LogP contribution in [0.1, 0.15) is 75.7 Å². The van der Waals surface area contributed by atoms with Gasteiger partial charge < -0.3 is 25.3 Å². The van der Waals surface area contributed by atoms with Gasteiger partial charge in [-0.25, -0.2) is 14.8 Å². The van der Waals surface area contributed by atoms with Gasteiger partial charge in [0, 0.05) is 10.9 Å². The lowest BCUT2D eigenvalue weighted by Gasteiger charge is -2.39. The number of aryl methyl sites for hydroxylation is 1. The Morgan fingerprint density at radius 2 is 1.92 bits per heavy atom. The zero-order valence-corrected chi connectivity index (χ0v) is 23.6. The number of rotatable bonds is 8. The molecule has 2 aromatic heterocycles. The zero-order chi connectivity index (χ0) is 26.3. The predicted octanol–water partition coefficient (Wildman–Crippen LogP) is 4.94.